The van der Waals surface area contributed by atoms with Crippen molar-refractivity contribution in [2.75, 3.05) is 16.4 Å². The van der Waals surface area contributed by atoms with E-state index in [2.05, 4.69) is 57.0 Å². The van der Waals surface area contributed by atoms with Gasteiger partial charge in [-0.15, -0.1) is 0 Å². The third kappa shape index (κ3) is 4.50. The first kappa shape index (κ1) is 25.5. The summed E-state index contributed by atoms with van der Waals surface area (Å²) in [7, 11) is 0. The smallest absolute Gasteiger partial charge is 0.335 e. The number of hydrogen-bond acceptors (Lipinski definition) is 5. The standard InChI is InChI=1S/C29H35N3O4/c1-8-36-22-11-9-21(10-12-22)31-27(34)24(26(33)30-28(31)35)15-20-14-23-19(5)16-29(6,7)32(17(2)3)25(23)13-18(20)4/h9-15,17,19H,8,16H2,1-7H3,(H,30,33,35)/b24-15+/t19-/m1/s1. The average molecular weight is 490 g/mol. The molecule has 0 aromatic heterocycles. The summed E-state index contributed by atoms with van der Waals surface area (Å²) in [6.45, 7) is 15.5. The number of anilines is 2. The number of carbonyl (C=O) groups excluding carboxylic acids is 3. The van der Waals surface area contributed by atoms with E-state index in [1.807, 2.05) is 13.8 Å². The monoisotopic (exact) mass is 489 g/mol. The second-order valence-electron chi connectivity index (χ2n) is 10.5. The summed E-state index contributed by atoms with van der Waals surface area (Å²) in [4.78, 5) is 42.2. The summed E-state index contributed by atoms with van der Waals surface area (Å²) < 4.78 is 5.45. The van der Waals surface area contributed by atoms with Gasteiger partial charge in [0.2, 0.25) is 0 Å². The van der Waals surface area contributed by atoms with Crippen molar-refractivity contribution < 1.29 is 19.1 Å². The highest BCUT2D eigenvalue weighted by Gasteiger charge is 2.39. The molecule has 2 heterocycles. The van der Waals surface area contributed by atoms with Gasteiger partial charge in [-0.25, -0.2) is 9.69 Å². The maximum atomic E-state index is 13.4. The number of hydrogen-bond donors (Lipinski definition) is 1. The molecule has 2 aliphatic heterocycles. The number of benzene rings is 2. The number of nitrogens with zero attached hydrogens (tertiary/aromatic N) is 2. The molecule has 2 aliphatic rings. The molecule has 2 aromatic rings. The number of ether oxygens (including phenoxy) is 1. The van der Waals surface area contributed by atoms with Gasteiger partial charge in [0.15, 0.2) is 0 Å². The summed E-state index contributed by atoms with van der Waals surface area (Å²) >= 11 is 0. The van der Waals surface area contributed by atoms with Crippen molar-refractivity contribution in [2.45, 2.75) is 72.4 Å². The van der Waals surface area contributed by atoms with Crippen LogP contribution in [0.4, 0.5) is 16.2 Å². The summed E-state index contributed by atoms with van der Waals surface area (Å²) in [6, 6.07) is 10.4. The van der Waals surface area contributed by atoms with Gasteiger partial charge in [-0.3, -0.25) is 14.9 Å². The Morgan fingerprint density at radius 2 is 1.81 bits per heavy atom. The number of aryl methyl sites for hydroxylation is 1. The van der Waals surface area contributed by atoms with E-state index in [-0.39, 0.29) is 11.1 Å². The fraction of sp³-hybridized carbons (Fsp3) is 0.414. The Bertz CT molecular complexity index is 1240. The molecule has 0 saturated carbocycles. The van der Waals surface area contributed by atoms with Gasteiger partial charge in [-0.1, -0.05) is 6.92 Å². The highest BCUT2D eigenvalue weighted by Crippen LogP contribution is 2.45. The number of fused-ring (bicyclic) bond motifs is 1. The fourth-order valence-corrected chi connectivity index (χ4v) is 5.65. The van der Waals surface area contributed by atoms with Gasteiger partial charge in [0, 0.05) is 17.3 Å². The number of amides is 4. The Morgan fingerprint density at radius 1 is 1.14 bits per heavy atom. The average Bonchev–Trinajstić information content (AvgIpc) is 2.77. The number of nitrogens with one attached hydrogen (secondary N) is 1. The largest absolute Gasteiger partial charge is 0.494 e. The summed E-state index contributed by atoms with van der Waals surface area (Å²) in [5, 5.41) is 2.31. The van der Waals surface area contributed by atoms with Gasteiger partial charge in [-0.2, -0.15) is 0 Å². The van der Waals surface area contributed by atoms with Crippen molar-refractivity contribution >= 4 is 35.3 Å². The van der Waals surface area contributed by atoms with Gasteiger partial charge in [0.1, 0.15) is 11.3 Å². The van der Waals surface area contributed by atoms with Crippen LogP contribution in [-0.4, -0.2) is 36.0 Å². The number of barbiturate groups is 1. The first-order valence-corrected chi connectivity index (χ1v) is 12.5. The summed E-state index contributed by atoms with van der Waals surface area (Å²) in [5.74, 6) is -0.388. The Kier molecular flexibility index (Phi) is 6.69. The number of rotatable bonds is 5. The number of imide groups is 2. The van der Waals surface area contributed by atoms with Crippen LogP contribution < -0.4 is 19.9 Å². The lowest BCUT2D eigenvalue weighted by Crippen LogP contribution is -2.54. The van der Waals surface area contributed by atoms with E-state index in [1.54, 1.807) is 30.3 Å². The number of carbonyl (C=O) groups is 3. The third-order valence-electron chi connectivity index (χ3n) is 6.99. The Labute approximate surface area is 213 Å². The molecule has 4 rings (SSSR count). The molecule has 7 nitrogen and oxygen atoms in total. The lowest BCUT2D eigenvalue weighted by atomic mass is 9.78. The van der Waals surface area contributed by atoms with Crippen LogP contribution in [0.25, 0.3) is 6.08 Å². The molecule has 4 amide bonds. The van der Waals surface area contributed by atoms with Crippen molar-refractivity contribution in [1.29, 1.82) is 0 Å². The molecular formula is C29H35N3O4. The molecule has 0 unspecified atom stereocenters. The second kappa shape index (κ2) is 9.45. The molecule has 1 N–H and O–H groups in total. The van der Waals surface area contributed by atoms with Crippen LogP contribution in [0.2, 0.25) is 0 Å². The third-order valence-corrected chi connectivity index (χ3v) is 6.99. The SMILES string of the molecule is CCOc1ccc(N2C(=O)NC(=O)/C(=C\c3cc4c(cc3C)N(C(C)C)C(C)(C)C[C@H]4C)C2=O)cc1. The van der Waals surface area contributed by atoms with Gasteiger partial charge in [-0.05, 0) is 113 Å². The summed E-state index contributed by atoms with van der Waals surface area (Å²) in [6.07, 6.45) is 2.60. The fourth-order valence-electron chi connectivity index (χ4n) is 5.65. The minimum absolute atomic E-state index is 0.0187. The maximum absolute atomic E-state index is 13.4. The van der Waals surface area contributed by atoms with Crippen molar-refractivity contribution in [2.24, 2.45) is 0 Å². The van der Waals surface area contributed by atoms with Crippen LogP contribution >= 0.6 is 0 Å². The maximum Gasteiger partial charge on any atom is 0.335 e. The Morgan fingerprint density at radius 3 is 2.42 bits per heavy atom. The molecule has 190 valence electrons. The first-order valence-electron chi connectivity index (χ1n) is 12.5. The molecule has 1 saturated heterocycles. The highest BCUT2D eigenvalue weighted by molar-refractivity contribution is 6.39. The van der Waals surface area contributed by atoms with Crippen LogP contribution in [-0.2, 0) is 9.59 Å². The van der Waals surface area contributed by atoms with E-state index in [0.717, 1.165) is 22.4 Å². The lowest BCUT2D eigenvalue weighted by molar-refractivity contribution is -0.122. The molecule has 2 aromatic carbocycles. The zero-order valence-electron chi connectivity index (χ0n) is 22.1. The Hall–Kier alpha value is -3.61. The minimum atomic E-state index is -0.767. The molecule has 0 bridgehead atoms. The van der Waals surface area contributed by atoms with Gasteiger partial charge >= 0.3 is 6.03 Å². The molecule has 0 aliphatic carbocycles. The molecule has 1 atom stereocenters. The molecule has 36 heavy (non-hydrogen) atoms. The lowest BCUT2D eigenvalue weighted by Gasteiger charge is -2.50. The zero-order chi connectivity index (χ0) is 26.4. The van der Waals surface area contributed by atoms with Gasteiger partial charge < -0.3 is 9.64 Å². The predicted octanol–water partition coefficient (Wildman–Crippen LogP) is 5.56. The van der Waals surface area contributed by atoms with E-state index >= 15 is 0 Å². The van der Waals surface area contributed by atoms with Crippen molar-refractivity contribution in [1.82, 2.24) is 5.32 Å². The normalized spacial score (nSPS) is 20.6. The zero-order valence-corrected chi connectivity index (χ0v) is 22.1. The van der Waals surface area contributed by atoms with E-state index < -0.39 is 17.8 Å². The quantitative estimate of drug-likeness (QED) is 0.439. The molecule has 0 spiro atoms. The molecule has 0 radical (unpaired) electrons. The predicted molar refractivity (Wildman–Crippen MR) is 143 cm³/mol. The van der Waals surface area contributed by atoms with E-state index in [4.69, 9.17) is 4.74 Å². The highest BCUT2D eigenvalue weighted by atomic mass is 16.5. The summed E-state index contributed by atoms with van der Waals surface area (Å²) in [5.41, 5.74) is 4.46. The Balaban J connectivity index is 1.74. The van der Waals surface area contributed by atoms with Crippen LogP contribution in [0.3, 0.4) is 0 Å². The van der Waals surface area contributed by atoms with Crippen LogP contribution in [0.5, 0.6) is 5.75 Å². The number of urea groups is 1. The molecule has 7 heteroatoms. The topological polar surface area (TPSA) is 79.0 Å². The van der Waals surface area contributed by atoms with Crippen molar-refractivity contribution in [3.63, 3.8) is 0 Å². The molecular weight excluding hydrogens is 454 g/mol. The van der Waals surface area contributed by atoms with Crippen molar-refractivity contribution in [3.8, 4) is 5.75 Å². The first-order chi connectivity index (χ1) is 16.9. The second-order valence-corrected chi connectivity index (χ2v) is 10.5. The van der Waals surface area contributed by atoms with Crippen molar-refractivity contribution in [3.05, 3.63) is 58.7 Å². The van der Waals surface area contributed by atoms with Crippen LogP contribution in [0, 0.1) is 6.92 Å². The van der Waals surface area contributed by atoms with E-state index in [0.29, 0.717) is 30.0 Å². The van der Waals surface area contributed by atoms with Gasteiger partial charge in [0.05, 0.1) is 12.3 Å². The van der Waals surface area contributed by atoms with Crippen LogP contribution in [0.1, 0.15) is 70.6 Å². The van der Waals surface area contributed by atoms with Crippen LogP contribution in [0.15, 0.2) is 42.0 Å². The molecule has 1 fully saturated rings. The van der Waals surface area contributed by atoms with Gasteiger partial charge in [0.25, 0.3) is 11.8 Å². The van der Waals surface area contributed by atoms with E-state index in [1.165, 1.54) is 11.3 Å². The van der Waals surface area contributed by atoms with E-state index in [9.17, 15) is 14.4 Å². The minimum Gasteiger partial charge on any atom is -0.494 e.